The van der Waals surface area contributed by atoms with E-state index in [2.05, 4.69) is 15.9 Å². The van der Waals surface area contributed by atoms with Gasteiger partial charge in [0.1, 0.15) is 4.51 Å². The lowest BCUT2D eigenvalue weighted by atomic mass is 10.1. The van der Waals surface area contributed by atoms with Crippen molar-refractivity contribution in [1.29, 1.82) is 0 Å². The Morgan fingerprint density at radius 3 is 2.50 bits per heavy atom. The summed E-state index contributed by atoms with van der Waals surface area (Å²) in [7, 11) is 0. The average Bonchev–Trinajstić information content (AvgIpc) is 1.65. The van der Waals surface area contributed by atoms with Crippen LogP contribution in [0.3, 0.4) is 0 Å². The summed E-state index contributed by atoms with van der Waals surface area (Å²) in [5.74, 6) is 0. The van der Waals surface area contributed by atoms with E-state index in [0.717, 1.165) is 0 Å². The van der Waals surface area contributed by atoms with E-state index in [1.54, 1.807) is 6.08 Å². The Morgan fingerprint density at radius 1 is 1.50 bits per heavy atom. The molecular weight excluding hydrogens is 168 g/mol. The number of aliphatic hydroxyl groups is 1. The molecule has 1 aliphatic rings. The molecule has 44 valence electrons. The molecule has 0 saturated heterocycles. The smallest absolute Gasteiger partial charge is 0.141 e. The normalized spacial score (nSPS) is 35.8. The van der Waals surface area contributed by atoms with Crippen molar-refractivity contribution in [2.75, 3.05) is 0 Å². The third kappa shape index (κ3) is 1.46. The molecule has 0 aliphatic heterocycles. The molecule has 0 saturated carbocycles. The highest BCUT2D eigenvalue weighted by Crippen LogP contribution is 2.23. The van der Waals surface area contributed by atoms with Crippen molar-refractivity contribution in [3.05, 3.63) is 24.3 Å². The minimum atomic E-state index is -0.776. The van der Waals surface area contributed by atoms with Crippen LogP contribution in [0.4, 0.5) is 0 Å². The summed E-state index contributed by atoms with van der Waals surface area (Å²) in [6.45, 7) is 0. The fourth-order valence-corrected chi connectivity index (χ4v) is 0.922. The molecule has 0 fully saturated rings. The molecule has 0 radical (unpaired) electrons. The van der Waals surface area contributed by atoms with Gasteiger partial charge in [-0.2, -0.15) is 0 Å². The van der Waals surface area contributed by atoms with Crippen LogP contribution in [0.2, 0.25) is 0 Å². The summed E-state index contributed by atoms with van der Waals surface area (Å²) < 4.78 is -0.776. The van der Waals surface area contributed by atoms with Gasteiger partial charge in [0, 0.05) is 6.42 Å². The maximum atomic E-state index is 9.15. The SMILES string of the molecule is OC1(Br)C=CC=CC1. The molecule has 2 heteroatoms. The number of alkyl halides is 1. The maximum absolute atomic E-state index is 9.15. The van der Waals surface area contributed by atoms with Crippen LogP contribution in [0.25, 0.3) is 0 Å². The molecule has 1 rings (SSSR count). The molecule has 0 heterocycles. The van der Waals surface area contributed by atoms with Gasteiger partial charge >= 0.3 is 0 Å². The maximum Gasteiger partial charge on any atom is 0.141 e. The Kier molecular flexibility index (Phi) is 1.54. The second kappa shape index (κ2) is 2.03. The topological polar surface area (TPSA) is 20.2 Å². The molecule has 0 aromatic heterocycles. The number of hydrogen-bond donors (Lipinski definition) is 1. The van der Waals surface area contributed by atoms with E-state index in [-0.39, 0.29) is 0 Å². The van der Waals surface area contributed by atoms with Crippen LogP contribution in [0.1, 0.15) is 6.42 Å². The molecule has 1 unspecified atom stereocenters. The predicted octanol–water partition coefficient (Wildman–Crippen LogP) is 1.59. The molecule has 1 aliphatic carbocycles. The van der Waals surface area contributed by atoms with Gasteiger partial charge < -0.3 is 5.11 Å². The lowest BCUT2D eigenvalue weighted by molar-refractivity contribution is 0.197. The minimum Gasteiger partial charge on any atom is -0.375 e. The van der Waals surface area contributed by atoms with E-state index in [0.29, 0.717) is 6.42 Å². The standard InChI is InChI=1S/C6H7BrO/c7-6(8)4-2-1-3-5-6/h1-4,8H,5H2. The van der Waals surface area contributed by atoms with Crippen molar-refractivity contribution in [3.8, 4) is 0 Å². The lowest BCUT2D eigenvalue weighted by Crippen LogP contribution is -2.15. The van der Waals surface area contributed by atoms with Crippen LogP contribution in [0, 0.1) is 0 Å². The van der Waals surface area contributed by atoms with Crippen molar-refractivity contribution in [2.24, 2.45) is 0 Å². The molecule has 0 aromatic carbocycles. The monoisotopic (exact) mass is 174 g/mol. The Bertz CT molecular complexity index is 135. The quantitative estimate of drug-likeness (QED) is 0.554. The van der Waals surface area contributed by atoms with E-state index in [4.69, 9.17) is 5.11 Å². The zero-order chi connectivity index (χ0) is 6.04. The molecule has 0 spiro atoms. The molecule has 1 nitrogen and oxygen atoms in total. The molecule has 0 bridgehead atoms. The highest BCUT2D eigenvalue weighted by molar-refractivity contribution is 9.10. The van der Waals surface area contributed by atoms with E-state index in [9.17, 15) is 0 Å². The van der Waals surface area contributed by atoms with E-state index >= 15 is 0 Å². The first-order chi connectivity index (χ1) is 3.71. The van der Waals surface area contributed by atoms with Gasteiger partial charge in [0.05, 0.1) is 0 Å². The van der Waals surface area contributed by atoms with Gasteiger partial charge in [-0.05, 0) is 22.0 Å². The average molecular weight is 175 g/mol. The molecule has 0 amide bonds. The fourth-order valence-electron chi connectivity index (χ4n) is 0.583. The zero-order valence-electron chi connectivity index (χ0n) is 4.34. The van der Waals surface area contributed by atoms with E-state index < -0.39 is 4.51 Å². The fraction of sp³-hybridized carbons (Fsp3) is 0.333. The minimum absolute atomic E-state index is 0.656. The molecular formula is C6H7BrO. The third-order valence-corrected chi connectivity index (χ3v) is 1.59. The first-order valence-electron chi connectivity index (χ1n) is 2.46. The summed E-state index contributed by atoms with van der Waals surface area (Å²) in [4.78, 5) is 0. The van der Waals surface area contributed by atoms with Gasteiger partial charge in [0.2, 0.25) is 0 Å². The van der Waals surface area contributed by atoms with Crippen molar-refractivity contribution in [3.63, 3.8) is 0 Å². The van der Waals surface area contributed by atoms with Crippen LogP contribution >= 0.6 is 15.9 Å². The summed E-state index contributed by atoms with van der Waals surface area (Å²) in [5.41, 5.74) is 0. The largest absolute Gasteiger partial charge is 0.375 e. The zero-order valence-corrected chi connectivity index (χ0v) is 5.93. The molecule has 8 heavy (non-hydrogen) atoms. The first-order valence-corrected chi connectivity index (χ1v) is 3.26. The van der Waals surface area contributed by atoms with Crippen LogP contribution in [0.5, 0.6) is 0 Å². The Balaban J connectivity index is 2.65. The lowest BCUT2D eigenvalue weighted by Gasteiger charge is -2.15. The van der Waals surface area contributed by atoms with Crippen LogP contribution in [-0.4, -0.2) is 9.62 Å². The van der Waals surface area contributed by atoms with E-state index in [1.165, 1.54) is 0 Å². The van der Waals surface area contributed by atoms with Crippen molar-refractivity contribution >= 4 is 15.9 Å². The van der Waals surface area contributed by atoms with Crippen LogP contribution < -0.4 is 0 Å². The Morgan fingerprint density at radius 2 is 2.25 bits per heavy atom. The second-order valence-electron chi connectivity index (χ2n) is 1.81. The molecule has 1 N–H and O–H groups in total. The van der Waals surface area contributed by atoms with Crippen molar-refractivity contribution in [1.82, 2.24) is 0 Å². The summed E-state index contributed by atoms with van der Waals surface area (Å²) in [5, 5.41) is 9.15. The van der Waals surface area contributed by atoms with Gasteiger partial charge in [-0.3, -0.25) is 0 Å². The van der Waals surface area contributed by atoms with Crippen molar-refractivity contribution < 1.29 is 5.11 Å². The Labute approximate surface area is 56.8 Å². The predicted molar refractivity (Wildman–Crippen MR) is 36.8 cm³/mol. The molecule has 0 aromatic rings. The van der Waals surface area contributed by atoms with Crippen molar-refractivity contribution in [2.45, 2.75) is 10.9 Å². The summed E-state index contributed by atoms with van der Waals surface area (Å²) in [6.07, 6.45) is 8.01. The third-order valence-electron chi connectivity index (χ3n) is 1.00. The number of hydrogen-bond acceptors (Lipinski definition) is 1. The van der Waals surface area contributed by atoms with Crippen LogP contribution in [0.15, 0.2) is 24.3 Å². The van der Waals surface area contributed by atoms with E-state index in [1.807, 2.05) is 18.2 Å². The number of halogens is 1. The van der Waals surface area contributed by atoms with Gasteiger partial charge in [-0.1, -0.05) is 18.2 Å². The highest BCUT2D eigenvalue weighted by Gasteiger charge is 2.16. The summed E-state index contributed by atoms with van der Waals surface area (Å²) >= 11 is 3.11. The summed E-state index contributed by atoms with van der Waals surface area (Å²) in [6, 6.07) is 0. The van der Waals surface area contributed by atoms with Gasteiger partial charge in [-0.25, -0.2) is 0 Å². The van der Waals surface area contributed by atoms with Crippen LogP contribution in [-0.2, 0) is 0 Å². The van der Waals surface area contributed by atoms with Gasteiger partial charge in [0.25, 0.3) is 0 Å². The second-order valence-corrected chi connectivity index (χ2v) is 3.18. The Hall–Kier alpha value is -0.0800. The van der Waals surface area contributed by atoms with Gasteiger partial charge in [0.15, 0.2) is 0 Å². The first kappa shape index (κ1) is 6.05. The number of rotatable bonds is 0. The molecule has 1 atom stereocenters. The highest BCUT2D eigenvalue weighted by atomic mass is 79.9. The van der Waals surface area contributed by atoms with Gasteiger partial charge in [-0.15, -0.1) is 0 Å². The number of allylic oxidation sites excluding steroid dienone is 2.